The van der Waals surface area contributed by atoms with Crippen molar-refractivity contribution in [3.05, 3.63) is 194 Å². The van der Waals surface area contributed by atoms with E-state index in [2.05, 4.69) is 171 Å². The van der Waals surface area contributed by atoms with Gasteiger partial charge in [-0.1, -0.05) is 152 Å². The average Bonchev–Trinajstić information content (AvgIpc) is 3.93. The summed E-state index contributed by atoms with van der Waals surface area (Å²) in [5.74, 6) is 1.80. The van der Waals surface area contributed by atoms with Crippen LogP contribution >= 0.6 is 0 Å². The molecule has 0 fully saturated rings. The molecule has 57 heavy (non-hydrogen) atoms. The summed E-state index contributed by atoms with van der Waals surface area (Å²) in [5.41, 5.74) is 10.6. The monoisotopic (exact) mass is 728 g/mol. The van der Waals surface area contributed by atoms with Crippen LogP contribution in [-0.2, 0) is 0 Å². The minimum Gasteiger partial charge on any atom is -0.309 e. The first-order valence-corrected chi connectivity index (χ1v) is 19.2. The Balaban J connectivity index is 1.32. The van der Waals surface area contributed by atoms with Gasteiger partial charge in [0.1, 0.15) is 0 Å². The number of nitrogens with zero attached hydrogens (tertiary/aromatic N) is 6. The molecule has 0 radical (unpaired) electrons. The zero-order valence-corrected chi connectivity index (χ0v) is 30.7. The highest BCUT2D eigenvalue weighted by Gasteiger charge is 2.27. The fourth-order valence-electron chi connectivity index (χ4n) is 8.89. The summed E-state index contributed by atoms with van der Waals surface area (Å²) in [5, 5.41) is 6.99. The van der Waals surface area contributed by atoms with Gasteiger partial charge in [-0.25, -0.2) is 4.98 Å². The van der Waals surface area contributed by atoms with Crippen LogP contribution in [0.5, 0.6) is 0 Å². The molecule has 0 N–H and O–H groups in total. The molecule has 0 atom stereocenters. The van der Waals surface area contributed by atoms with Crippen LogP contribution in [0.3, 0.4) is 0 Å². The van der Waals surface area contributed by atoms with E-state index < -0.39 is 0 Å². The van der Waals surface area contributed by atoms with Gasteiger partial charge in [-0.05, 0) is 42.5 Å². The summed E-state index contributed by atoms with van der Waals surface area (Å²) >= 11 is 0. The van der Waals surface area contributed by atoms with E-state index in [9.17, 15) is 0 Å². The van der Waals surface area contributed by atoms with E-state index in [-0.39, 0.29) is 0 Å². The van der Waals surface area contributed by atoms with Gasteiger partial charge in [0.05, 0.1) is 38.8 Å². The van der Waals surface area contributed by atoms with E-state index in [1.165, 1.54) is 10.8 Å². The van der Waals surface area contributed by atoms with Crippen molar-refractivity contribution in [3.63, 3.8) is 0 Å². The molecular formula is C51H32N6. The van der Waals surface area contributed by atoms with Crippen molar-refractivity contribution >= 4 is 65.4 Å². The van der Waals surface area contributed by atoms with Crippen LogP contribution in [0.25, 0.3) is 106 Å². The first kappa shape index (κ1) is 31.5. The molecule has 266 valence electrons. The van der Waals surface area contributed by atoms with Crippen molar-refractivity contribution < 1.29 is 0 Å². The van der Waals surface area contributed by atoms with Gasteiger partial charge in [-0.3, -0.25) is 4.57 Å². The molecule has 6 heteroatoms. The van der Waals surface area contributed by atoms with Crippen LogP contribution in [0.15, 0.2) is 194 Å². The summed E-state index contributed by atoms with van der Waals surface area (Å²) in [7, 11) is 0. The molecule has 0 aliphatic heterocycles. The van der Waals surface area contributed by atoms with Gasteiger partial charge in [0, 0.05) is 49.1 Å². The predicted molar refractivity (Wildman–Crippen MR) is 234 cm³/mol. The van der Waals surface area contributed by atoms with E-state index in [1.807, 2.05) is 36.4 Å². The molecule has 12 aromatic rings. The third-order valence-electron chi connectivity index (χ3n) is 11.3. The summed E-state index contributed by atoms with van der Waals surface area (Å²) in [6.45, 7) is 0. The maximum atomic E-state index is 5.32. The summed E-state index contributed by atoms with van der Waals surface area (Å²) in [4.78, 5) is 15.7. The minimum absolute atomic E-state index is 0.560. The van der Waals surface area contributed by atoms with Crippen LogP contribution in [0, 0.1) is 0 Å². The SMILES string of the molecule is c1ccc(-c2nc(-c3ccccc3)nc(-n3c4ccccc4c4cc(-n5c6ccccc6c6ccccc65)c5c6ccccc6n(-c6ccccc6)c5c43)n2)cc1. The number of aromatic nitrogens is 6. The van der Waals surface area contributed by atoms with Crippen molar-refractivity contribution in [3.8, 4) is 40.1 Å². The molecule has 0 saturated heterocycles. The Morgan fingerprint density at radius 3 is 1.28 bits per heavy atom. The lowest BCUT2D eigenvalue weighted by molar-refractivity contribution is 0.953. The molecule has 0 saturated carbocycles. The first-order valence-electron chi connectivity index (χ1n) is 19.2. The fourth-order valence-corrected chi connectivity index (χ4v) is 8.89. The molecule has 12 rings (SSSR count). The Hall–Kier alpha value is -7.83. The first-order chi connectivity index (χ1) is 28.3. The lowest BCUT2D eigenvalue weighted by Crippen LogP contribution is -2.07. The lowest BCUT2D eigenvalue weighted by atomic mass is 10.1. The van der Waals surface area contributed by atoms with E-state index >= 15 is 0 Å². The van der Waals surface area contributed by atoms with Crippen LogP contribution in [0.2, 0.25) is 0 Å². The van der Waals surface area contributed by atoms with Gasteiger partial charge >= 0.3 is 0 Å². The summed E-state index contributed by atoms with van der Waals surface area (Å²) in [6.07, 6.45) is 0. The molecule has 0 unspecified atom stereocenters. The molecule has 0 bridgehead atoms. The van der Waals surface area contributed by atoms with Crippen molar-refractivity contribution in [2.75, 3.05) is 0 Å². The predicted octanol–water partition coefficient (Wildman–Crippen LogP) is 12.5. The van der Waals surface area contributed by atoms with E-state index in [0.717, 1.165) is 77.1 Å². The minimum atomic E-state index is 0.560. The molecular weight excluding hydrogens is 697 g/mol. The van der Waals surface area contributed by atoms with Crippen LogP contribution < -0.4 is 0 Å². The molecule has 4 heterocycles. The smallest absolute Gasteiger partial charge is 0.238 e. The molecule has 8 aromatic carbocycles. The Morgan fingerprint density at radius 2 is 0.737 bits per heavy atom. The van der Waals surface area contributed by atoms with Gasteiger partial charge in [0.15, 0.2) is 11.6 Å². The van der Waals surface area contributed by atoms with Crippen LogP contribution in [0.1, 0.15) is 0 Å². The van der Waals surface area contributed by atoms with E-state index in [1.54, 1.807) is 0 Å². The largest absolute Gasteiger partial charge is 0.309 e. The lowest BCUT2D eigenvalue weighted by Gasteiger charge is -2.15. The third-order valence-corrected chi connectivity index (χ3v) is 11.3. The standard InChI is InChI=1S/C51H32N6/c1-4-18-33(19-5-1)49-52-50(34-20-6-2-7-21-34)54-51(53-49)57-43-30-16-12-26-38(43)40-32-45(56-41-28-14-10-24-36(41)37-25-11-15-29-42(37)56)46-39-27-13-17-31-44(39)55(48(46)47(40)57)35-22-8-3-9-23-35/h1-32H. The Morgan fingerprint density at radius 1 is 0.316 bits per heavy atom. The third kappa shape index (κ3) is 4.68. The normalized spacial score (nSPS) is 11.9. The number of hydrogen-bond acceptors (Lipinski definition) is 3. The molecule has 0 spiro atoms. The van der Waals surface area contributed by atoms with Gasteiger partial charge in [0.25, 0.3) is 0 Å². The van der Waals surface area contributed by atoms with Gasteiger partial charge < -0.3 is 9.13 Å². The number of hydrogen-bond donors (Lipinski definition) is 0. The van der Waals surface area contributed by atoms with E-state index in [4.69, 9.17) is 15.0 Å². The zero-order valence-electron chi connectivity index (χ0n) is 30.7. The van der Waals surface area contributed by atoms with Crippen LogP contribution in [-0.4, -0.2) is 28.7 Å². The van der Waals surface area contributed by atoms with E-state index in [0.29, 0.717) is 17.6 Å². The van der Waals surface area contributed by atoms with Gasteiger partial charge in [0.2, 0.25) is 5.95 Å². The van der Waals surface area contributed by atoms with Crippen molar-refractivity contribution in [1.29, 1.82) is 0 Å². The highest BCUT2D eigenvalue weighted by atomic mass is 15.2. The second kappa shape index (κ2) is 12.3. The second-order valence-corrected chi connectivity index (χ2v) is 14.4. The fraction of sp³-hybridized carbons (Fsp3) is 0. The molecule has 0 amide bonds. The van der Waals surface area contributed by atoms with Crippen LogP contribution in [0.4, 0.5) is 0 Å². The topological polar surface area (TPSA) is 53.5 Å². The number of para-hydroxylation sites is 5. The highest BCUT2D eigenvalue weighted by Crippen LogP contribution is 2.46. The number of rotatable bonds is 5. The number of fused-ring (bicyclic) bond motifs is 10. The van der Waals surface area contributed by atoms with Crippen molar-refractivity contribution in [1.82, 2.24) is 28.7 Å². The Kier molecular flexibility index (Phi) is 6.83. The van der Waals surface area contributed by atoms with Crippen molar-refractivity contribution in [2.45, 2.75) is 0 Å². The quantitative estimate of drug-likeness (QED) is 0.177. The van der Waals surface area contributed by atoms with Crippen molar-refractivity contribution in [2.24, 2.45) is 0 Å². The summed E-state index contributed by atoms with van der Waals surface area (Å²) in [6, 6.07) is 68.4. The van der Waals surface area contributed by atoms with Gasteiger partial charge in [-0.15, -0.1) is 0 Å². The molecule has 0 aliphatic rings. The van der Waals surface area contributed by atoms with Gasteiger partial charge in [-0.2, -0.15) is 9.97 Å². The maximum absolute atomic E-state index is 5.32. The Labute approximate surface area is 327 Å². The maximum Gasteiger partial charge on any atom is 0.238 e. The zero-order chi connectivity index (χ0) is 37.5. The number of benzene rings is 8. The summed E-state index contributed by atoms with van der Waals surface area (Å²) < 4.78 is 7.16. The molecule has 6 nitrogen and oxygen atoms in total. The highest BCUT2D eigenvalue weighted by molar-refractivity contribution is 6.27. The Bertz CT molecular complexity index is 3390. The average molecular weight is 729 g/mol. The molecule has 0 aliphatic carbocycles. The molecule has 4 aromatic heterocycles. The second-order valence-electron chi connectivity index (χ2n) is 14.4.